The van der Waals surface area contributed by atoms with E-state index in [0.717, 1.165) is 6.92 Å². The number of aromatic hydroxyl groups is 1. The lowest BCUT2D eigenvalue weighted by molar-refractivity contribution is -0.319. The van der Waals surface area contributed by atoms with Crippen molar-refractivity contribution in [3.8, 4) is 34.3 Å². The third-order valence-electron chi connectivity index (χ3n) is 7.91. The van der Waals surface area contributed by atoms with Crippen LogP contribution >= 0.6 is 0 Å². The summed E-state index contributed by atoms with van der Waals surface area (Å²) in [7, 11) is 2.72. The van der Waals surface area contributed by atoms with Gasteiger partial charge in [-0.05, 0) is 37.3 Å². The third-order valence-corrected chi connectivity index (χ3v) is 7.91. The second-order valence-electron chi connectivity index (χ2n) is 11.1. The Morgan fingerprint density at radius 1 is 0.872 bits per heavy atom. The summed E-state index contributed by atoms with van der Waals surface area (Å²) in [5, 5.41) is 63.7. The third kappa shape index (κ3) is 6.86. The molecule has 16 heteroatoms. The van der Waals surface area contributed by atoms with Gasteiger partial charge >= 0.3 is 5.97 Å². The summed E-state index contributed by atoms with van der Waals surface area (Å²) in [6.45, 7) is 2.09. The predicted molar refractivity (Wildman–Crippen MR) is 158 cm³/mol. The molecule has 0 bridgehead atoms. The second-order valence-corrected chi connectivity index (χ2v) is 11.1. The first-order valence-corrected chi connectivity index (χ1v) is 14.5. The lowest BCUT2D eigenvalue weighted by Crippen LogP contribution is -2.62. The normalized spacial score (nSPS) is 30.9. The maximum atomic E-state index is 13.1. The molecule has 0 radical (unpaired) electrons. The maximum absolute atomic E-state index is 13.1. The molecule has 3 heterocycles. The van der Waals surface area contributed by atoms with Crippen LogP contribution in [0.15, 0.2) is 45.6 Å². The molecule has 6 N–H and O–H groups in total. The SMILES string of the molecule is COc1ccc(-c2cc(=O)c3cc(O[C@@H]4O[C@H](CO[C@@H]5O[C@@H](C)[C@H](OC(C)=O)[C@@H](O)[C@H]5O)[C@@H](O)[C@H](O)[C@H]4O)c(OC)c(O)c3o2)cc1. The van der Waals surface area contributed by atoms with E-state index >= 15 is 0 Å². The highest BCUT2D eigenvalue weighted by atomic mass is 16.7. The Morgan fingerprint density at radius 2 is 1.55 bits per heavy atom. The molecule has 2 saturated heterocycles. The molecule has 2 aromatic carbocycles. The Balaban J connectivity index is 1.36. The number of hydrogen-bond donors (Lipinski definition) is 6. The lowest BCUT2D eigenvalue weighted by Gasteiger charge is -2.43. The molecule has 2 aliphatic rings. The van der Waals surface area contributed by atoms with Crippen LogP contribution in [0, 0.1) is 0 Å². The van der Waals surface area contributed by atoms with Gasteiger partial charge in [0.15, 0.2) is 29.2 Å². The van der Waals surface area contributed by atoms with Crippen LogP contribution in [0.4, 0.5) is 0 Å². The van der Waals surface area contributed by atoms with E-state index in [-0.39, 0.29) is 28.2 Å². The van der Waals surface area contributed by atoms with Gasteiger partial charge in [0.1, 0.15) is 48.1 Å². The van der Waals surface area contributed by atoms with Crippen LogP contribution in [0.3, 0.4) is 0 Å². The molecule has 0 amide bonds. The monoisotopic (exact) mass is 664 g/mol. The smallest absolute Gasteiger partial charge is 0.303 e. The van der Waals surface area contributed by atoms with Gasteiger partial charge < -0.3 is 68.2 Å². The molecule has 2 fully saturated rings. The van der Waals surface area contributed by atoms with Gasteiger partial charge in [-0.2, -0.15) is 0 Å². The number of aliphatic hydroxyl groups is 5. The van der Waals surface area contributed by atoms with Crippen molar-refractivity contribution in [3.05, 3.63) is 46.6 Å². The quantitative estimate of drug-likeness (QED) is 0.162. The average Bonchev–Trinajstić information content (AvgIpc) is 3.05. The summed E-state index contributed by atoms with van der Waals surface area (Å²) in [6, 6.07) is 9.09. The van der Waals surface area contributed by atoms with E-state index in [1.165, 1.54) is 33.3 Å². The number of fused-ring (bicyclic) bond motifs is 1. The Morgan fingerprint density at radius 3 is 2.19 bits per heavy atom. The van der Waals surface area contributed by atoms with E-state index in [9.17, 15) is 40.2 Å². The predicted octanol–water partition coefficient (Wildman–Crippen LogP) is -0.216. The fourth-order valence-corrected chi connectivity index (χ4v) is 5.38. The van der Waals surface area contributed by atoms with E-state index < -0.39 is 85.2 Å². The van der Waals surface area contributed by atoms with Gasteiger partial charge in [0.25, 0.3) is 0 Å². The minimum absolute atomic E-state index is 0.107. The first kappa shape index (κ1) is 34.3. The fraction of sp³-hybridized carbons (Fsp3) is 0.484. The molecular formula is C31H36O16. The zero-order chi connectivity index (χ0) is 34.2. The van der Waals surface area contributed by atoms with E-state index in [1.807, 2.05) is 0 Å². The highest BCUT2D eigenvalue weighted by molar-refractivity contribution is 5.89. The molecule has 256 valence electrons. The maximum Gasteiger partial charge on any atom is 0.303 e. The first-order valence-electron chi connectivity index (χ1n) is 14.5. The molecular weight excluding hydrogens is 628 g/mol. The van der Waals surface area contributed by atoms with Crippen LogP contribution in [0.5, 0.6) is 23.0 Å². The van der Waals surface area contributed by atoms with Gasteiger partial charge in [0, 0.05) is 18.6 Å². The highest BCUT2D eigenvalue weighted by Crippen LogP contribution is 2.44. The van der Waals surface area contributed by atoms with Crippen molar-refractivity contribution in [1.82, 2.24) is 0 Å². The zero-order valence-electron chi connectivity index (χ0n) is 25.7. The number of phenolic OH excluding ortho intramolecular Hbond substituents is 1. The van der Waals surface area contributed by atoms with E-state index in [2.05, 4.69) is 0 Å². The molecule has 3 aromatic rings. The minimum Gasteiger partial charge on any atom is -0.502 e. The minimum atomic E-state index is -1.83. The number of benzene rings is 2. The first-order chi connectivity index (χ1) is 22.3. The number of rotatable bonds is 9. The van der Waals surface area contributed by atoms with Crippen molar-refractivity contribution in [2.45, 2.75) is 75.3 Å². The van der Waals surface area contributed by atoms with Crippen molar-refractivity contribution in [3.63, 3.8) is 0 Å². The highest BCUT2D eigenvalue weighted by Gasteiger charge is 2.48. The Hall–Kier alpha value is -4.00. The second kappa shape index (κ2) is 14.0. The summed E-state index contributed by atoms with van der Waals surface area (Å²) in [4.78, 5) is 24.5. The summed E-state index contributed by atoms with van der Waals surface area (Å²) >= 11 is 0. The number of esters is 1. The van der Waals surface area contributed by atoms with E-state index in [4.69, 9.17) is 37.6 Å². The summed E-state index contributed by atoms with van der Waals surface area (Å²) in [5.41, 5.74) is -0.231. The number of carbonyl (C=O) groups excluding carboxylic acids is 1. The standard InChI is InChI=1S/C31H36O16/c1-12-27(44-13(2)32)23(36)25(38)30(43-12)42-11-20-21(34)22(35)24(37)31(47-20)46-19-9-16-17(33)10-18(14-5-7-15(40-3)8-6-14)45-28(16)26(39)29(19)41-4/h5-10,12,20-25,27,30-31,34-39H,11H2,1-4H3/t12-,20+,21+,22-,23-,24+,25+,27-,30+,31+/m0/s1. The van der Waals surface area contributed by atoms with Crippen LogP contribution < -0.4 is 19.6 Å². The summed E-state index contributed by atoms with van der Waals surface area (Å²) in [5.74, 6) is -1.11. The molecule has 10 atom stereocenters. The van der Waals surface area contributed by atoms with Gasteiger partial charge in [-0.3, -0.25) is 9.59 Å². The number of ether oxygens (including phenoxy) is 7. The van der Waals surface area contributed by atoms with Crippen molar-refractivity contribution >= 4 is 16.9 Å². The van der Waals surface area contributed by atoms with Crippen LogP contribution in [0.25, 0.3) is 22.3 Å². The van der Waals surface area contributed by atoms with Crippen LogP contribution in [0.1, 0.15) is 13.8 Å². The van der Waals surface area contributed by atoms with Crippen LogP contribution in [-0.4, -0.2) is 119 Å². The van der Waals surface area contributed by atoms with E-state index in [0.29, 0.717) is 11.3 Å². The van der Waals surface area contributed by atoms with Crippen molar-refractivity contribution in [2.75, 3.05) is 20.8 Å². The zero-order valence-corrected chi connectivity index (χ0v) is 25.7. The molecule has 0 unspecified atom stereocenters. The van der Waals surface area contributed by atoms with Gasteiger partial charge in [0.05, 0.1) is 32.3 Å². The van der Waals surface area contributed by atoms with Crippen molar-refractivity contribution in [1.29, 1.82) is 0 Å². The Labute approximate surface area is 267 Å². The lowest BCUT2D eigenvalue weighted by atomic mass is 9.98. The molecule has 16 nitrogen and oxygen atoms in total. The van der Waals surface area contributed by atoms with Crippen LogP contribution in [0.2, 0.25) is 0 Å². The molecule has 47 heavy (non-hydrogen) atoms. The summed E-state index contributed by atoms with van der Waals surface area (Å²) < 4.78 is 43.9. The molecule has 0 spiro atoms. The molecule has 0 aliphatic carbocycles. The average molecular weight is 665 g/mol. The van der Waals surface area contributed by atoms with Gasteiger partial charge in [-0.15, -0.1) is 0 Å². The van der Waals surface area contributed by atoms with E-state index in [1.54, 1.807) is 24.3 Å². The van der Waals surface area contributed by atoms with Gasteiger partial charge in [-0.25, -0.2) is 0 Å². The topological polar surface area (TPSA) is 233 Å². The van der Waals surface area contributed by atoms with Gasteiger partial charge in [0.2, 0.25) is 17.8 Å². The number of aliphatic hydroxyl groups excluding tert-OH is 5. The molecule has 0 saturated carbocycles. The van der Waals surface area contributed by atoms with Crippen LogP contribution in [-0.2, 0) is 23.7 Å². The Kier molecular flexibility index (Phi) is 10.2. The number of carbonyl (C=O) groups is 1. The van der Waals surface area contributed by atoms with Crippen molar-refractivity contribution in [2.24, 2.45) is 0 Å². The van der Waals surface area contributed by atoms with Crippen molar-refractivity contribution < 1.29 is 73.0 Å². The number of methoxy groups -OCH3 is 2. The largest absolute Gasteiger partial charge is 0.502 e. The molecule has 2 aliphatic heterocycles. The summed E-state index contributed by atoms with van der Waals surface area (Å²) in [6.07, 6.45) is -15.2. The molecule has 1 aromatic heterocycles. The number of phenols is 1. The molecule has 5 rings (SSSR count). The number of hydrogen-bond acceptors (Lipinski definition) is 16. The Bertz CT molecular complexity index is 1620. The van der Waals surface area contributed by atoms with Gasteiger partial charge in [-0.1, -0.05) is 0 Å². The fourth-order valence-electron chi connectivity index (χ4n) is 5.38.